The number of nitrogens with zero attached hydrogens (tertiary/aromatic N) is 2. The molecule has 0 bridgehead atoms. The van der Waals surface area contributed by atoms with Crippen LogP contribution in [0.25, 0.3) is 6.08 Å². The van der Waals surface area contributed by atoms with Gasteiger partial charge in [-0.3, -0.25) is 9.80 Å². The maximum atomic E-state index is 13.0. The molecule has 1 aromatic carbocycles. The first kappa shape index (κ1) is 19.5. The molecule has 2 aliphatic rings. The van der Waals surface area contributed by atoms with Crippen LogP contribution >= 0.6 is 0 Å². The molecule has 4 nitrogen and oxygen atoms in total. The summed E-state index contributed by atoms with van der Waals surface area (Å²) < 4.78 is 18.5. The molecule has 0 aliphatic carbocycles. The maximum absolute atomic E-state index is 13.0. The average Bonchev–Trinajstić information content (AvgIpc) is 2.69. The summed E-state index contributed by atoms with van der Waals surface area (Å²) >= 11 is 0. The molecular formula is C21H31FN2O2. The van der Waals surface area contributed by atoms with Gasteiger partial charge in [0.1, 0.15) is 5.82 Å². The Labute approximate surface area is 156 Å². The molecule has 2 atom stereocenters. The summed E-state index contributed by atoms with van der Waals surface area (Å²) in [4.78, 5) is 5.09. The van der Waals surface area contributed by atoms with Crippen molar-refractivity contribution in [1.29, 1.82) is 0 Å². The summed E-state index contributed by atoms with van der Waals surface area (Å²) in [7, 11) is 0. The number of aliphatic hydroxyl groups is 1. The molecule has 3 rings (SSSR count). The number of aliphatic hydroxyl groups excluding tert-OH is 1. The molecule has 2 saturated heterocycles. The van der Waals surface area contributed by atoms with E-state index in [1.54, 1.807) is 12.1 Å². The molecule has 2 aliphatic heterocycles. The molecule has 0 amide bonds. The van der Waals surface area contributed by atoms with Crippen molar-refractivity contribution >= 4 is 6.08 Å². The van der Waals surface area contributed by atoms with Gasteiger partial charge in [-0.15, -0.1) is 0 Å². The lowest BCUT2D eigenvalue weighted by atomic mass is 9.87. The first-order valence-electron chi connectivity index (χ1n) is 9.83. The van der Waals surface area contributed by atoms with Crippen LogP contribution in [-0.4, -0.2) is 73.5 Å². The van der Waals surface area contributed by atoms with Crippen molar-refractivity contribution < 1.29 is 14.2 Å². The minimum absolute atomic E-state index is 0.195. The standard InChI is InChI=1S/C21H31FN2O2/c22-20-7-5-18(6-8-20)3-1-10-23-11-9-21(19(17-23)4-2-14-25)24-12-15-26-16-13-24/h1,3,5-8,19,21,25H,2,4,9-17H2/t19-,21+/m1/s1. The lowest BCUT2D eigenvalue weighted by Gasteiger charge is -2.45. The highest BCUT2D eigenvalue weighted by Gasteiger charge is 2.33. The number of likely N-dealkylation sites (tertiary alicyclic amines) is 1. The van der Waals surface area contributed by atoms with Gasteiger partial charge in [-0.1, -0.05) is 24.3 Å². The molecule has 2 heterocycles. The highest BCUT2D eigenvalue weighted by atomic mass is 19.1. The van der Waals surface area contributed by atoms with Gasteiger partial charge in [0.05, 0.1) is 13.2 Å². The second-order valence-electron chi connectivity index (χ2n) is 7.34. The van der Waals surface area contributed by atoms with E-state index in [9.17, 15) is 9.50 Å². The van der Waals surface area contributed by atoms with Crippen LogP contribution in [0.2, 0.25) is 0 Å². The first-order chi connectivity index (χ1) is 12.8. The third-order valence-electron chi connectivity index (χ3n) is 5.57. The Balaban J connectivity index is 1.54. The average molecular weight is 362 g/mol. The van der Waals surface area contributed by atoms with E-state index in [1.165, 1.54) is 18.6 Å². The molecule has 5 heteroatoms. The predicted octanol–water partition coefficient (Wildman–Crippen LogP) is 2.63. The lowest BCUT2D eigenvalue weighted by molar-refractivity contribution is -0.0206. The van der Waals surface area contributed by atoms with Gasteiger partial charge in [-0.05, 0) is 49.4 Å². The summed E-state index contributed by atoms with van der Waals surface area (Å²) in [5.41, 5.74) is 1.03. The largest absolute Gasteiger partial charge is 0.396 e. The van der Waals surface area contributed by atoms with Crippen LogP contribution in [-0.2, 0) is 4.74 Å². The molecule has 0 radical (unpaired) electrons. The van der Waals surface area contributed by atoms with Crippen LogP contribution in [0.5, 0.6) is 0 Å². The fourth-order valence-electron chi connectivity index (χ4n) is 4.20. The van der Waals surface area contributed by atoms with Gasteiger partial charge in [0.15, 0.2) is 0 Å². The number of ether oxygens (including phenoxy) is 1. The van der Waals surface area contributed by atoms with E-state index in [0.717, 1.165) is 64.3 Å². The molecule has 26 heavy (non-hydrogen) atoms. The molecule has 0 spiro atoms. The Morgan fingerprint density at radius 1 is 1.15 bits per heavy atom. The third kappa shape index (κ3) is 5.61. The Hall–Kier alpha value is -1.27. The quantitative estimate of drug-likeness (QED) is 0.809. The van der Waals surface area contributed by atoms with Gasteiger partial charge < -0.3 is 9.84 Å². The molecule has 2 fully saturated rings. The van der Waals surface area contributed by atoms with Crippen molar-refractivity contribution in [2.75, 3.05) is 52.5 Å². The van der Waals surface area contributed by atoms with Crippen LogP contribution in [0.4, 0.5) is 4.39 Å². The summed E-state index contributed by atoms with van der Waals surface area (Å²) in [6.45, 7) is 7.12. The van der Waals surface area contributed by atoms with Crippen LogP contribution < -0.4 is 0 Å². The zero-order chi connectivity index (χ0) is 18.2. The highest BCUT2D eigenvalue weighted by Crippen LogP contribution is 2.27. The van der Waals surface area contributed by atoms with E-state index in [4.69, 9.17) is 4.74 Å². The van der Waals surface area contributed by atoms with Crippen LogP contribution in [0.3, 0.4) is 0 Å². The van der Waals surface area contributed by atoms with Crippen LogP contribution in [0.15, 0.2) is 30.3 Å². The Morgan fingerprint density at radius 2 is 1.92 bits per heavy atom. The topological polar surface area (TPSA) is 35.9 Å². The number of rotatable bonds is 7. The molecule has 0 unspecified atom stereocenters. The minimum Gasteiger partial charge on any atom is -0.396 e. The van der Waals surface area contributed by atoms with Crippen molar-refractivity contribution in [3.8, 4) is 0 Å². The maximum Gasteiger partial charge on any atom is 0.123 e. The van der Waals surface area contributed by atoms with E-state index in [2.05, 4.69) is 22.0 Å². The fourth-order valence-corrected chi connectivity index (χ4v) is 4.20. The second kappa shape index (κ2) is 10.2. The van der Waals surface area contributed by atoms with Crippen molar-refractivity contribution in [2.24, 2.45) is 5.92 Å². The lowest BCUT2D eigenvalue weighted by Crippen LogP contribution is -2.54. The van der Waals surface area contributed by atoms with E-state index in [1.807, 2.05) is 0 Å². The number of hydrogen-bond acceptors (Lipinski definition) is 4. The fraction of sp³-hybridized carbons (Fsp3) is 0.619. The molecular weight excluding hydrogens is 331 g/mol. The number of halogens is 1. The summed E-state index contributed by atoms with van der Waals surface area (Å²) in [5, 5.41) is 9.26. The van der Waals surface area contributed by atoms with Gasteiger partial charge in [0.25, 0.3) is 0 Å². The summed E-state index contributed by atoms with van der Waals surface area (Å²) in [6.07, 6.45) is 7.38. The van der Waals surface area contributed by atoms with Gasteiger partial charge >= 0.3 is 0 Å². The summed E-state index contributed by atoms with van der Waals surface area (Å²) in [5.74, 6) is 0.410. The molecule has 0 aromatic heterocycles. The van der Waals surface area contributed by atoms with Gasteiger partial charge in [-0.2, -0.15) is 0 Å². The van der Waals surface area contributed by atoms with E-state index in [0.29, 0.717) is 12.0 Å². The van der Waals surface area contributed by atoms with Crippen molar-refractivity contribution in [3.63, 3.8) is 0 Å². The number of hydrogen-bond donors (Lipinski definition) is 1. The summed E-state index contributed by atoms with van der Waals surface area (Å²) in [6, 6.07) is 7.22. The van der Waals surface area contributed by atoms with E-state index >= 15 is 0 Å². The van der Waals surface area contributed by atoms with Crippen LogP contribution in [0, 0.1) is 11.7 Å². The molecule has 1 aromatic rings. The monoisotopic (exact) mass is 362 g/mol. The van der Waals surface area contributed by atoms with Crippen LogP contribution in [0.1, 0.15) is 24.8 Å². The van der Waals surface area contributed by atoms with Crippen molar-refractivity contribution in [2.45, 2.75) is 25.3 Å². The van der Waals surface area contributed by atoms with Gasteiger partial charge in [0.2, 0.25) is 0 Å². The predicted molar refractivity (Wildman–Crippen MR) is 102 cm³/mol. The molecule has 1 N–H and O–H groups in total. The van der Waals surface area contributed by atoms with Gasteiger partial charge in [-0.25, -0.2) is 4.39 Å². The Bertz CT molecular complexity index is 558. The normalized spacial score (nSPS) is 25.8. The zero-order valence-electron chi connectivity index (χ0n) is 15.5. The third-order valence-corrected chi connectivity index (χ3v) is 5.57. The number of piperidine rings is 1. The second-order valence-corrected chi connectivity index (χ2v) is 7.34. The molecule has 144 valence electrons. The van der Waals surface area contributed by atoms with Gasteiger partial charge in [0, 0.05) is 38.8 Å². The first-order valence-corrected chi connectivity index (χ1v) is 9.83. The number of morpholine rings is 1. The Morgan fingerprint density at radius 3 is 2.65 bits per heavy atom. The highest BCUT2D eigenvalue weighted by molar-refractivity contribution is 5.48. The van der Waals surface area contributed by atoms with Crippen molar-refractivity contribution in [3.05, 3.63) is 41.7 Å². The smallest absolute Gasteiger partial charge is 0.123 e. The van der Waals surface area contributed by atoms with E-state index < -0.39 is 0 Å². The Kier molecular flexibility index (Phi) is 7.62. The SMILES string of the molecule is OCCC[C@@H]1CN(CC=Cc2ccc(F)cc2)CC[C@@H]1N1CCOCC1. The van der Waals surface area contributed by atoms with Crippen molar-refractivity contribution in [1.82, 2.24) is 9.80 Å². The minimum atomic E-state index is -0.195. The number of benzene rings is 1. The zero-order valence-corrected chi connectivity index (χ0v) is 15.5. The molecule has 0 saturated carbocycles. The van der Waals surface area contributed by atoms with E-state index in [-0.39, 0.29) is 12.4 Å².